The van der Waals surface area contributed by atoms with Crippen LogP contribution in [-0.4, -0.2) is 22.1 Å². The molecule has 162 valence electrons. The summed E-state index contributed by atoms with van der Waals surface area (Å²) < 4.78 is 5.23. The van der Waals surface area contributed by atoms with Gasteiger partial charge in [-0.15, -0.1) is 0 Å². The van der Waals surface area contributed by atoms with Crippen molar-refractivity contribution in [3.63, 3.8) is 0 Å². The first kappa shape index (κ1) is 21.6. The van der Waals surface area contributed by atoms with Crippen molar-refractivity contribution in [2.24, 2.45) is 0 Å². The van der Waals surface area contributed by atoms with Gasteiger partial charge < -0.3 is 19.9 Å². The van der Waals surface area contributed by atoms with Gasteiger partial charge in [-0.25, -0.2) is 0 Å². The number of ether oxygens (including phenoxy) is 1. The first-order valence-corrected chi connectivity index (χ1v) is 10.8. The number of hydrogen-bond acceptors (Lipinski definition) is 3. The van der Waals surface area contributed by atoms with Crippen molar-refractivity contribution in [2.45, 2.75) is 20.0 Å². The Morgan fingerprint density at radius 2 is 1.75 bits per heavy atom. The number of aromatic amines is 1. The molecule has 0 saturated carbocycles. The maximum Gasteiger partial charge on any atom is 0.253 e. The number of nitrogens with one attached hydrogen (secondary N) is 2. The van der Waals surface area contributed by atoms with E-state index in [0.29, 0.717) is 23.8 Å². The fraction of sp³-hybridized carbons (Fsp3) is 0.154. The molecule has 5 nitrogen and oxygen atoms in total. The molecule has 4 aromatic rings. The number of pyridine rings is 1. The molecule has 0 aliphatic carbocycles. The summed E-state index contributed by atoms with van der Waals surface area (Å²) in [5.41, 5.74) is 4.48. The summed E-state index contributed by atoms with van der Waals surface area (Å²) in [6, 6.07) is 25.7. The number of rotatable bonds is 6. The molecule has 0 amide bonds. The first-order chi connectivity index (χ1) is 15.5. The molecule has 1 aromatic heterocycles. The van der Waals surface area contributed by atoms with Gasteiger partial charge in [-0.2, -0.15) is 0 Å². The Balaban J connectivity index is 1.62. The average molecular weight is 444 g/mol. The molecule has 0 radical (unpaired) electrons. The van der Waals surface area contributed by atoms with Gasteiger partial charge in [-0.3, -0.25) is 4.79 Å². The van der Waals surface area contributed by atoms with E-state index in [0.717, 1.165) is 33.5 Å². The van der Waals surface area contributed by atoms with Crippen LogP contribution in [0.1, 0.15) is 16.7 Å². The summed E-state index contributed by atoms with van der Waals surface area (Å²) in [5, 5.41) is 4.83. The lowest BCUT2D eigenvalue weighted by atomic mass is 10.1. The summed E-state index contributed by atoms with van der Waals surface area (Å²) in [7, 11) is 1.64. The van der Waals surface area contributed by atoms with Crippen LogP contribution in [0.4, 0.5) is 5.69 Å². The van der Waals surface area contributed by atoms with E-state index in [1.54, 1.807) is 7.11 Å². The van der Waals surface area contributed by atoms with Crippen LogP contribution in [0.2, 0.25) is 0 Å². The number of methoxy groups -OCH3 is 1. The lowest BCUT2D eigenvalue weighted by molar-refractivity contribution is 0.411. The minimum atomic E-state index is -0.103. The zero-order valence-corrected chi connectivity index (χ0v) is 18.9. The summed E-state index contributed by atoms with van der Waals surface area (Å²) in [6.45, 7) is 2.97. The largest absolute Gasteiger partial charge is 0.497 e. The Labute approximate surface area is 192 Å². The van der Waals surface area contributed by atoms with Crippen molar-refractivity contribution < 1.29 is 4.74 Å². The van der Waals surface area contributed by atoms with Crippen LogP contribution in [0.3, 0.4) is 0 Å². The highest BCUT2D eigenvalue weighted by Gasteiger charge is 2.15. The van der Waals surface area contributed by atoms with Gasteiger partial charge in [-0.05, 0) is 72.1 Å². The Bertz CT molecular complexity index is 1280. The number of H-pyrrole nitrogens is 1. The summed E-state index contributed by atoms with van der Waals surface area (Å²) in [6.07, 6.45) is 0. The van der Waals surface area contributed by atoms with E-state index in [2.05, 4.69) is 22.4 Å². The Hall–Kier alpha value is -3.64. The predicted octanol–water partition coefficient (Wildman–Crippen LogP) is 5.24. The topological polar surface area (TPSA) is 57.4 Å². The molecule has 3 aromatic carbocycles. The van der Waals surface area contributed by atoms with Crippen molar-refractivity contribution >= 4 is 33.9 Å². The third-order valence-electron chi connectivity index (χ3n) is 5.28. The van der Waals surface area contributed by atoms with Crippen LogP contribution in [0.15, 0.2) is 83.7 Å². The normalized spacial score (nSPS) is 10.7. The van der Waals surface area contributed by atoms with E-state index in [1.165, 1.54) is 0 Å². The van der Waals surface area contributed by atoms with Crippen LogP contribution >= 0.6 is 12.2 Å². The van der Waals surface area contributed by atoms with Crippen molar-refractivity contribution in [2.75, 3.05) is 12.4 Å². The fourth-order valence-corrected chi connectivity index (χ4v) is 3.81. The van der Waals surface area contributed by atoms with Crippen LogP contribution in [0.5, 0.6) is 5.75 Å². The molecule has 4 rings (SSSR count). The smallest absolute Gasteiger partial charge is 0.253 e. The van der Waals surface area contributed by atoms with E-state index in [-0.39, 0.29) is 5.56 Å². The highest BCUT2D eigenvalue weighted by Crippen LogP contribution is 2.18. The van der Waals surface area contributed by atoms with Crippen molar-refractivity contribution in [3.05, 3.63) is 106 Å². The maximum atomic E-state index is 12.8. The molecule has 0 fully saturated rings. The molecule has 2 N–H and O–H groups in total. The van der Waals surface area contributed by atoms with E-state index in [1.807, 2.05) is 78.6 Å². The van der Waals surface area contributed by atoms with Crippen molar-refractivity contribution in [1.82, 2.24) is 9.88 Å². The van der Waals surface area contributed by atoms with E-state index >= 15 is 0 Å². The number of anilines is 1. The quantitative estimate of drug-likeness (QED) is 0.399. The lowest BCUT2D eigenvalue weighted by Gasteiger charge is -2.26. The highest BCUT2D eigenvalue weighted by molar-refractivity contribution is 7.80. The molecule has 32 heavy (non-hydrogen) atoms. The number of hydrogen-bond donors (Lipinski definition) is 2. The molecule has 0 unspecified atom stereocenters. The average Bonchev–Trinajstić information content (AvgIpc) is 2.80. The zero-order valence-electron chi connectivity index (χ0n) is 18.1. The summed E-state index contributed by atoms with van der Waals surface area (Å²) >= 11 is 5.74. The van der Waals surface area contributed by atoms with Gasteiger partial charge in [0, 0.05) is 23.3 Å². The Morgan fingerprint density at radius 3 is 2.47 bits per heavy atom. The monoisotopic (exact) mass is 443 g/mol. The number of aromatic nitrogens is 1. The molecule has 1 heterocycles. The minimum Gasteiger partial charge on any atom is -0.497 e. The molecule has 0 atom stereocenters. The molecule has 0 aliphatic rings. The number of fused-ring (bicyclic) bond motifs is 1. The van der Waals surface area contributed by atoms with Crippen molar-refractivity contribution in [3.8, 4) is 5.75 Å². The van der Waals surface area contributed by atoms with Gasteiger partial charge in [0.05, 0.1) is 13.7 Å². The van der Waals surface area contributed by atoms with Crippen LogP contribution in [-0.2, 0) is 13.1 Å². The Morgan fingerprint density at radius 1 is 1.00 bits per heavy atom. The van der Waals surface area contributed by atoms with E-state index in [4.69, 9.17) is 17.0 Å². The molecule has 0 aliphatic heterocycles. The molecule has 0 spiro atoms. The van der Waals surface area contributed by atoms with Gasteiger partial charge in [0.1, 0.15) is 5.75 Å². The number of aryl methyl sites for hydroxylation is 1. The standard InChI is InChI=1S/C26H25N3O2S/c1-18-8-9-20-15-21(25(30)28-24(20)14-18)17-29(16-19-6-4-3-5-7-19)26(32)27-22-10-12-23(31-2)13-11-22/h3-15H,16-17H2,1-2H3,(H,27,32)(H,28,30). The second-order valence-electron chi connectivity index (χ2n) is 7.71. The van der Waals surface area contributed by atoms with Gasteiger partial charge >= 0.3 is 0 Å². The second kappa shape index (κ2) is 9.66. The zero-order chi connectivity index (χ0) is 22.5. The summed E-state index contributed by atoms with van der Waals surface area (Å²) in [4.78, 5) is 17.8. The maximum absolute atomic E-state index is 12.8. The number of thiocarbonyl (C=S) groups is 1. The summed E-state index contributed by atoms with van der Waals surface area (Å²) in [5.74, 6) is 0.778. The number of nitrogens with zero attached hydrogens (tertiary/aromatic N) is 1. The van der Waals surface area contributed by atoms with Gasteiger partial charge in [0.15, 0.2) is 5.11 Å². The van der Waals surface area contributed by atoms with Crippen LogP contribution in [0, 0.1) is 6.92 Å². The third-order valence-corrected chi connectivity index (χ3v) is 5.64. The Kier molecular flexibility index (Phi) is 6.52. The minimum absolute atomic E-state index is 0.103. The molecular formula is C26H25N3O2S. The second-order valence-corrected chi connectivity index (χ2v) is 8.10. The fourth-order valence-electron chi connectivity index (χ4n) is 3.56. The van der Waals surface area contributed by atoms with E-state index in [9.17, 15) is 4.79 Å². The van der Waals surface area contributed by atoms with Crippen molar-refractivity contribution in [1.29, 1.82) is 0 Å². The van der Waals surface area contributed by atoms with E-state index < -0.39 is 0 Å². The first-order valence-electron chi connectivity index (χ1n) is 10.4. The van der Waals surface area contributed by atoms with Crippen LogP contribution < -0.4 is 15.6 Å². The molecule has 6 heteroatoms. The van der Waals surface area contributed by atoms with Gasteiger partial charge in [0.2, 0.25) is 0 Å². The third kappa shape index (κ3) is 5.15. The van der Waals surface area contributed by atoms with Gasteiger partial charge in [-0.1, -0.05) is 42.5 Å². The predicted molar refractivity (Wildman–Crippen MR) is 134 cm³/mol. The highest BCUT2D eigenvalue weighted by atomic mass is 32.1. The SMILES string of the molecule is COc1ccc(NC(=S)N(Cc2ccccc2)Cc2cc3ccc(C)cc3[nH]c2=O)cc1. The van der Waals surface area contributed by atoms with Crippen LogP contribution in [0.25, 0.3) is 10.9 Å². The lowest BCUT2D eigenvalue weighted by Crippen LogP contribution is -2.35. The molecule has 0 saturated heterocycles. The molecule has 0 bridgehead atoms. The number of benzene rings is 3. The molecular weight excluding hydrogens is 418 g/mol. The van der Waals surface area contributed by atoms with Gasteiger partial charge in [0.25, 0.3) is 5.56 Å².